The van der Waals surface area contributed by atoms with Gasteiger partial charge in [0.1, 0.15) is 0 Å². The molecule has 0 spiro atoms. The lowest BCUT2D eigenvalue weighted by Gasteiger charge is -2.20. The number of hydrogen-bond acceptors (Lipinski definition) is 5. The van der Waals surface area contributed by atoms with Crippen molar-refractivity contribution in [1.29, 1.82) is 0 Å². The van der Waals surface area contributed by atoms with Gasteiger partial charge in [0.15, 0.2) is 0 Å². The van der Waals surface area contributed by atoms with Crippen LogP contribution in [0.4, 0.5) is 0 Å². The quantitative estimate of drug-likeness (QED) is 0.0320. The van der Waals surface area contributed by atoms with Crippen LogP contribution in [0.3, 0.4) is 0 Å². The zero-order valence-corrected chi connectivity index (χ0v) is 52.9. The molecule has 0 radical (unpaired) electrons. The Kier molecular flexibility index (Phi) is 66.4. The van der Waals surface area contributed by atoms with Gasteiger partial charge in [-0.15, -0.1) is 0 Å². The van der Waals surface area contributed by atoms with Crippen LogP contribution in [0.25, 0.3) is 0 Å². The van der Waals surface area contributed by atoms with Crippen LogP contribution in [0.1, 0.15) is 399 Å². The summed E-state index contributed by atoms with van der Waals surface area (Å²) in [5.41, 5.74) is 0. The Hall–Kier alpha value is -1.66. The van der Waals surface area contributed by atoms with Crippen LogP contribution >= 0.6 is 0 Å². The molecule has 0 aliphatic rings. The Bertz CT molecular complexity index is 1220. The lowest BCUT2D eigenvalue weighted by molar-refractivity contribution is -0.143. The van der Waals surface area contributed by atoms with E-state index < -0.39 is 12.1 Å². The van der Waals surface area contributed by atoms with Gasteiger partial charge in [-0.1, -0.05) is 353 Å². The average Bonchev–Trinajstić information content (AvgIpc) is 3.44. The van der Waals surface area contributed by atoms with Crippen LogP contribution in [-0.2, 0) is 14.3 Å². The second kappa shape index (κ2) is 67.8. The first kappa shape index (κ1) is 76.3. The lowest BCUT2D eigenvalue weighted by Crippen LogP contribution is -2.45. The van der Waals surface area contributed by atoms with Gasteiger partial charge in [0.25, 0.3) is 0 Å². The molecule has 0 saturated carbocycles. The molecule has 462 valence electrons. The zero-order valence-electron chi connectivity index (χ0n) is 52.9. The first-order chi connectivity index (χ1) is 38.5. The number of amides is 1. The number of ether oxygens (including phenoxy) is 1. The fraction of sp³-hybridized carbons (Fsp3) is 0.917. The molecule has 6 heteroatoms. The summed E-state index contributed by atoms with van der Waals surface area (Å²) in [5.74, 6) is -0.0507. The van der Waals surface area contributed by atoms with Gasteiger partial charge in [-0.25, -0.2) is 0 Å². The van der Waals surface area contributed by atoms with Gasteiger partial charge in [0.2, 0.25) is 5.91 Å². The van der Waals surface area contributed by atoms with Crippen molar-refractivity contribution in [3.8, 4) is 0 Å². The average molecular weight is 1100 g/mol. The fourth-order valence-corrected chi connectivity index (χ4v) is 11.3. The highest BCUT2D eigenvalue weighted by molar-refractivity contribution is 5.76. The Balaban J connectivity index is 3.42. The minimum absolute atomic E-state index is 0.0161. The molecule has 0 fully saturated rings. The monoisotopic (exact) mass is 1100 g/mol. The number of hydrogen-bond donors (Lipinski definition) is 3. The van der Waals surface area contributed by atoms with Gasteiger partial charge < -0.3 is 20.3 Å². The van der Waals surface area contributed by atoms with E-state index in [1.165, 1.54) is 334 Å². The van der Waals surface area contributed by atoms with Crippen LogP contribution in [0.5, 0.6) is 0 Å². The van der Waals surface area contributed by atoms with Crippen molar-refractivity contribution in [1.82, 2.24) is 5.32 Å². The molecule has 6 nitrogen and oxygen atoms in total. The van der Waals surface area contributed by atoms with E-state index in [2.05, 4.69) is 31.3 Å². The molecular weight excluding hydrogens is 959 g/mol. The highest BCUT2D eigenvalue weighted by Gasteiger charge is 2.18. The summed E-state index contributed by atoms with van der Waals surface area (Å²) in [6, 6.07) is -0.631. The Labute approximate surface area is 488 Å². The van der Waals surface area contributed by atoms with E-state index >= 15 is 0 Å². The molecule has 0 aliphatic heterocycles. The summed E-state index contributed by atoms with van der Waals surface area (Å²) in [4.78, 5) is 24.6. The minimum atomic E-state index is -0.847. The van der Waals surface area contributed by atoms with Crippen LogP contribution in [0.15, 0.2) is 24.3 Å². The summed E-state index contributed by atoms with van der Waals surface area (Å²) in [6.45, 7) is 4.94. The van der Waals surface area contributed by atoms with Gasteiger partial charge in [0.05, 0.1) is 25.4 Å². The predicted molar refractivity (Wildman–Crippen MR) is 343 cm³/mol. The van der Waals surface area contributed by atoms with Crippen molar-refractivity contribution in [2.75, 3.05) is 13.2 Å². The van der Waals surface area contributed by atoms with E-state index in [4.69, 9.17) is 4.74 Å². The molecule has 2 unspecified atom stereocenters. The van der Waals surface area contributed by atoms with Crippen molar-refractivity contribution in [3.05, 3.63) is 24.3 Å². The molecule has 0 rings (SSSR count). The van der Waals surface area contributed by atoms with Crippen molar-refractivity contribution in [2.45, 2.75) is 411 Å². The standard InChI is InChI=1S/C72H139NO5/c1-3-5-7-9-11-13-15-17-19-20-21-22-28-31-34-37-40-44-48-52-56-60-64-70(75)69(68-74)73-71(76)65-61-57-53-49-45-41-38-35-32-29-26-24-23-25-27-30-33-36-39-43-47-51-55-59-63-67-78-72(77)66-62-58-54-50-46-42-18-16-14-12-10-8-6-4-2/h24,26,60,64,69-70,74-75H,3-23,25,27-59,61-63,65-68H2,1-2H3,(H,73,76)/b26-24-,64-60+. The number of aliphatic hydroxyl groups excluding tert-OH is 2. The predicted octanol–water partition coefficient (Wildman–Crippen LogP) is 22.9. The summed E-state index contributed by atoms with van der Waals surface area (Å²) in [6.07, 6.45) is 85.4. The molecule has 0 aromatic rings. The fourth-order valence-electron chi connectivity index (χ4n) is 11.3. The number of allylic oxidation sites excluding steroid dienone is 3. The summed E-state index contributed by atoms with van der Waals surface area (Å²) >= 11 is 0. The number of aliphatic hydroxyl groups is 2. The van der Waals surface area contributed by atoms with E-state index in [0.717, 1.165) is 38.5 Å². The molecule has 0 aromatic heterocycles. The topological polar surface area (TPSA) is 95.9 Å². The smallest absolute Gasteiger partial charge is 0.305 e. The molecule has 0 bridgehead atoms. The summed E-state index contributed by atoms with van der Waals surface area (Å²) in [7, 11) is 0. The minimum Gasteiger partial charge on any atom is -0.466 e. The normalized spacial score (nSPS) is 12.6. The van der Waals surface area contributed by atoms with Gasteiger partial charge in [-0.05, 0) is 57.8 Å². The van der Waals surface area contributed by atoms with E-state index in [0.29, 0.717) is 19.4 Å². The highest BCUT2D eigenvalue weighted by atomic mass is 16.5. The van der Waals surface area contributed by atoms with E-state index in [9.17, 15) is 19.8 Å². The molecular formula is C72H139NO5. The zero-order chi connectivity index (χ0) is 56.4. The molecule has 2 atom stereocenters. The first-order valence-electron chi connectivity index (χ1n) is 35.6. The number of unbranched alkanes of at least 4 members (excludes halogenated alkanes) is 54. The second-order valence-electron chi connectivity index (χ2n) is 24.6. The van der Waals surface area contributed by atoms with Gasteiger partial charge in [-0.2, -0.15) is 0 Å². The van der Waals surface area contributed by atoms with Gasteiger partial charge in [0, 0.05) is 12.8 Å². The maximum Gasteiger partial charge on any atom is 0.305 e. The van der Waals surface area contributed by atoms with Gasteiger partial charge >= 0.3 is 5.97 Å². The van der Waals surface area contributed by atoms with E-state index in [1.54, 1.807) is 6.08 Å². The number of nitrogens with one attached hydrogen (secondary N) is 1. The van der Waals surface area contributed by atoms with E-state index in [1.807, 2.05) is 6.08 Å². The second-order valence-corrected chi connectivity index (χ2v) is 24.6. The maximum absolute atomic E-state index is 12.5. The summed E-state index contributed by atoms with van der Waals surface area (Å²) < 4.78 is 5.49. The number of carbonyl (C=O) groups is 2. The van der Waals surface area contributed by atoms with Crippen molar-refractivity contribution in [3.63, 3.8) is 0 Å². The van der Waals surface area contributed by atoms with Crippen molar-refractivity contribution >= 4 is 11.9 Å². The highest BCUT2D eigenvalue weighted by Crippen LogP contribution is 2.19. The van der Waals surface area contributed by atoms with Crippen molar-refractivity contribution < 1.29 is 24.5 Å². The van der Waals surface area contributed by atoms with Crippen molar-refractivity contribution in [2.24, 2.45) is 0 Å². The Morgan fingerprint density at radius 2 is 0.603 bits per heavy atom. The number of carbonyl (C=O) groups excluding carboxylic acids is 2. The molecule has 0 heterocycles. The van der Waals surface area contributed by atoms with E-state index in [-0.39, 0.29) is 18.5 Å². The number of rotatable bonds is 67. The summed E-state index contributed by atoms with van der Waals surface area (Å²) in [5, 5.41) is 23.3. The molecule has 78 heavy (non-hydrogen) atoms. The Morgan fingerprint density at radius 1 is 0.346 bits per heavy atom. The van der Waals surface area contributed by atoms with Crippen LogP contribution < -0.4 is 5.32 Å². The molecule has 0 saturated heterocycles. The maximum atomic E-state index is 12.5. The van der Waals surface area contributed by atoms with Crippen LogP contribution in [0.2, 0.25) is 0 Å². The molecule has 3 N–H and O–H groups in total. The first-order valence-corrected chi connectivity index (χ1v) is 35.6. The largest absolute Gasteiger partial charge is 0.466 e. The lowest BCUT2D eigenvalue weighted by atomic mass is 10.0. The third-order valence-electron chi connectivity index (χ3n) is 16.7. The Morgan fingerprint density at radius 3 is 0.910 bits per heavy atom. The SMILES string of the molecule is CCCCCCCCCCCCCCCCCCCCCC/C=C/C(O)C(CO)NC(=O)CCCCCCCCCCC/C=C\CCCCCCCCCCCCCCOC(=O)CCCCCCCCCCCCCCCC. The molecule has 0 aromatic carbocycles. The molecule has 1 amide bonds. The third-order valence-corrected chi connectivity index (χ3v) is 16.7. The van der Waals surface area contributed by atoms with Crippen LogP contribution in [0, 0.1) is 0 Å². The number of esters is 1. The molecule has 0 aliphatic carbocycles. The van der Waals surface area contributed by atoms with Crippen LogP contribution in [-0.4, -0.2) is 47.4 Å². The van der Waals surface area contributed by atoms with Gasteiger partial charge in [-0.3, -0.25) is 9.59 Å². The third kappa shape index (κ3) is 63.5.